The van der Waals surface area contributed by atoms with Gasteiger partial charge >= 0.3 is 0 Å². The lowest BCUT2D eigenvalue weighted by Gasteiger charge is -2.42. The van der Waals surface area contributed by atoms with Crippen LogP contribution in [0.25, 0.3) is 0 Å². The molecule has 0 fully saturated rings. The fourth-order valence-corrected chi connectivity index (χ4v) is 9.88. The molecule has 0 saturated carbocycles. The van der Waals surface area contributed by atoms with Crippen LogP contribution < -0.4 is 5.32 Å². The zero-order valence-corrected chi connectivity index (χ0v) is 19.8. The van der Waals surface area contributed by atoms with Gasteiger partial charge in [0.2, 0.25) is 5.91 Å². The minimum atomic E-state index is -1.80. The van der Waals surface area contributed by atoms with Gasteiger partial charge in [-0.3, -0.25) is 4.79 Å². The molecule has 0 aromatic rings. The van der Waals surface area contributed by atoms with Crippen LogP contribution in [0.5, 0.6) is 0 Å². The lowest BCUT2D eigenvalue weighted by atomic mass is 10.1. The number of rotatable bonds is 16. The number of carbonyl (C=O) groups is 1. The molecule has 3 nitrogen and oxygen atoms in total. The van der Waals surface area contributed by atoms with Crippen molar-refractivity contribution in [1.29, 1.82) is 0 Å². The van der Waals surface area contributed by atoms with Crippen LogP contribution in [0.3, 0.4) is 0 Å². The highest BCUT2D eigenvalue weighted by atomic mass is 28.4. The Morgan fingerprint density at radius 2 is 1.27 bits per heavy atom. The molecule has 0 aliphatic carbocycles. The Balaban J connectivity index is 3.90. The van der Waals surface area contributed by atoms with Gasteiger partial charge in [-0.1, -0.05) is 93.4 Å². The van der Waals surface area contributed by atoms with Gasteiger partial charge in [0.05, 0.1) is 6.61 Å². The quantitative estimate of drug-likeness (QED) is 0.234. The molecule has 0 aliphatic heterocycles. The Hall–Kier alpha value is -0.353. The van der Waals surface area contributed by atoms with Crippen molar-refractivity contribution < 1.29 is 9.22 Å². The van der Waals surface area contributed by atoms with E-state index in [9.17, 15) is 4.79 Å². The van der Waals surface area contributed by atoms with E-state index < -0.39 is 8.32 Å². The summed E-state index contributed by atoms with van der Waals surface area (Å²) in [6.45, 7) is 17.3. The fourth-order valence-electron chi connectivity index (χ4n) is 4.43. The van der Waals surface area contributed by atoms with Crippen LogP contribution in [0.15, 0.2) is 0 Å². The Morgan fingerprint density at radius 1 is 0.808 bits per heavy atom. The van der Waals surface area contributed by atoms with Gasteiger partial charge < -0.3 is 9.74 Å². The number of hydrogen-bond acceptors (Lipinski definition) is 2. The van der Waals surface area contributed by atoms with Gasteiger partial charge in [0.25, 0.3) is 0 Å². The molecule has 0 aromatic carbocycles. The maximum Gasteiger partial charge on any atom is 0.220 e. The summed E-state index contributed by atoms with van der Waals surface area (Å²) in [7, 11) is -1.80. The van der Waals surface area contributed by atoms with Gasteiger partial charge in [0, 0.05) is 13.0 Å². The third-order valence-corrected chi connectivity index (χ3v) is 11.9. The molecule has 0 radical (unpaired) electrons. The minimum absolute atomic E-state index is 0.186. The molecule has 0 heterocycles. The smallest absolute Gasteiger partial charge is 0.220 e. The van der Waals surface area contributed by atoms with Gasteiger partial charge in [-0.25, -0.2) is 0 Å². The minimum Gasteiger partial charge on any atom is -0.414 e. The molecule has 0 rings (SSSR count). The molecule has 1 N–H and O–H groups in total. The fraction of sp³-hybridized carbons (Fsp3) is 0.955. The normalized spacial score (nSPS) is 12.4. The second-order valence-electron chi connectivity index (χ2n) is 8.74. The Morgan fingerprint density at radius 3 is 1.73 bits per heavy atom. The SMILES string of the molecule is CCCCCCCCCCC(=O)NCCO[Si](C(C)C)(C(C)C)C(C)C. The summed E-state index contributed by atoms with van der Waals surface area (Å²) in [5.74, 6) is 0.186. The standard InChI is InChI=1S/C22H47NO2Si/c1-8-9-10-11-12-13-14-15-16-22(24)23-17-18-25-26(19(2)3,20(4)5)21(6)7/h19-21H,8-18H2,1-7H3,(H,23,24). The molecule has 26 heavy (non-hydrogen) atoms. The van der Waals surface area contributed by atoms with Crippen molar-refractivity contribution in [2.75, 3.05) is 13.2 Å². The molecule has 0 bridgehead atoms. The molecular weight excluding hydrogens is 338 g/mol. The van der Waals surface area contributed by atoms with Crippen LogP contribution in [-0.2, 0) is 9.22 Å². The van der Waals surface area contributed by atoms with Gasteiger partial charge in [-0.2, -0.15) is 0 Å². The van der Waals surface area contributed by atoms with Crippen molar-refractivity contribution in [2.45, 2.75) is 123 Å². The summed E-state index contributed by atoms with van der Waals surface area (Å²) in [5, 5.41) is 3.05. The van der Waals surface area contributed by atoms with Crippen molar-refractivity contribution in [2.24, 2.45) is 0 Å². The predicted molar refractivity (Wildman–Crippen MR) is 117 cm³/mol. The van der Waals surface area contributed by atoms with Crippen LogP contribution in [0, 0.1) is 0 Å². The average Bonchev–Trinajstić information content (AvgIpc) is 2.56. The maximum absolute atomic E-state index is 12.0. The molecule has 0 aliphatic rings. The van der Waals surface area contributed by atoms with E-state index in [0.717, 1.165) is 6.42 Å². The van der Waals surface area contributed by atoms with Crippen LogP contribution >= 0.6 is 0 Å². The zero-order chi connectivity index (χ0) is 20.0. The van der Waals surface area contributed by atoms with Crippen LogP contribution in [0.4, 0.5) is 0 Å². The van der Waals surface area contributed by atoms with Gasteiger partial charge in [-0.05, 0) is 23.0 Å². The van der Waals surface area contributed by atoms with Crippen LogP contribution in [0.2, 0.25) is 16.6 Å². The molecule has 1 amide bonds. The zero-order valence-electron chi connectivity index (χ0n) is 18.8. The van der Waals surface area contributed by atoms with E-state index in [4.69, 9.17) is 4.43 Å². The van der Waals surface area contributed by atoms with E-state index in [-0.39, 0.29) is 5.91 Å². The summed E-state index contributed by atoms with van der Waals surface area (Å²) in [6.07, 6.45) is 10.8. The van der Waals surface area contributed by atoms with E-state index in [1.54, 1.807) is 0 Å². The molecule has 0 atom stereocenters. The highest BCUT2D eigenvalue weighted by Gasteiger charge is 2.44. The molecule has 0 aromatic heterocycles. The van der Waals surface area contributed by atoms with Crippen LogP contribution in [-0.4, -0.2) is 27.4 Å². The first kappa shape index (κ1) is 25.6. The van der Waals surface area contributed by atoms with E-state index in [1.165, 1.54) is 44.9 Å². The number of amides is 1. The summed E-state index contributed by atoms with van der Waals surface area (Å²) in [5.41, 5.74) is 1.78. The number of nitrogens with one attached hydrogen (secondary N) is 1. The highest BCUT2D eigenvalue weighted by Crippen LogP contribution is 2.41. The Bertz CT molecular complexity index is 334. The van der Waals surface area contributed by atoms with Crippen molar-refractivity contribution in [1.82, 2.24) is 5.32 Å². The molecule has 0 unspecified atom stereocenters. The van der Waals surface area contributed by atoms with Crippen molar-refractivity contribution >= 4 is 14.2 Å². The summed E-state index contributed by atoms with van der Waals surface area (Å²) in [4.78, 5) is 12.0. The third-order valence-electron chi connectivity index (χ3n) is 5.74. The first-order valence-corrected chi connectivity index (χ1v) is 13.3. The second kappa shape index (κ2) is 14.7. The first-order valence-electron chi connectivity index (χ1n) is 11.2. The largest absolute Gasteiger partial charge is 0.414 e. The Labute approximate surface area is 165 Å². The van der Waals surface area contributed by atoms with Crippen molar-refractivity contribution in [3.8, 4) is 0 Å². The monoisotopic (exact) mass is 385 g/mol. The number of hydrogen-bond donors (Lipinski definition) is 1. The molecule has 0 spiro atoms. The summed E-state index contributed by atoms with van der Waals surface area (Å²) in [6, 6.07) is 0. The highest BCUT2D eigenvalue weighted by molar-refractivity contribution is 6.77. The van der Waals surface area contributed by atoms with E-state index in [0.29, 0.717) is 36.2 Å². The van der Waals surface area contributed by atoms with E-state index in [1.807, 2.05) is 0 Å². The molecular formula is C22H47NO2Si. The predicted octanol–water partition coefficient (Wildman–Crippen LogP) is 6.83. The lowest BCUT2D eigenvalue weighted by Crippen LogP contribution is -2.49. The van der Waals surface area contributed by atoms with E-state index >= 15 is 0 Å². The Kier molecular flexibility index (Phi) is 14.5. The molecule has 156 valence electrons. The second-order valence-corrected chi connectivity index (χ2v) is 14.2. The van der Waals surface area contributed by atoms with Gasteiger partial charge in [-0.15, -0.1) is 0 Å². The maximum atomic E-state index is 12.0. The average molecular weight is 386 g/mol. The summed E-state index contributed by atoms with van der Waals surface area (Å²) < 4.78 is 6.48. The van der Waals surface area contributed by atoms with Gasteiger partial charge in [0.1, 0.15) is 0 Å². The van der Waals surface area contributed by atoms with Crippen LogP contribution in [0.1, 0.15) is 106 Å². The lowest BCUT2D eigenvalue weighted by molar-refractivity contribution is -0.121. The number of unbranched alkanes of at least 4 members (excludes halogenated alkanes) is 7. The number of carbonyl (C=O) groups excluding carboxylic acids is 1. The van der Waals surface area contributed by atoms with E-state index in [2.05, 4.69) is 53.8 Å². The first-order chi connectivity index (χ1) is 12.3. The molecule has 0 saturated heterocycles. The molecule has 4 heteroatoms. The summed E-state index contributed by atoms with van der Waals surface area (Å²) >= 11 is 0. The van der Waals surface area contributed by atoms with Crippen molar-refractivity contribution in [3.05, 3.63) is 0 Å². The van der Waals surface area contributed by atoms with Crippen molar-refractivity contribution in [3.63, 3.8) is 0 Å². The van der Waals surface area contributed by atoms with Gasteiger partial charge in [0.15, 0.2) is 8.32 Å². The third kappa shape index (κ3) is 9.54. The topological polar surface area (TPSA) is 38.3 Å².